The highest BCUT2D eigenvalue weighted by Gasteiger charge is 2.09. The van der Waals surface area contributed by atoms with Gasteiger partial charge in [0.1, 0.15) is 5.75 Å². The zero-order chi connectivity index (χ0) is 15.1. The van der Waals surface area contributed by atoms with E-state index in [9.17, 15) is 4.79 Å². The van der Waals surface area contributed by atoms with Gasteiger partial charge in [-0.25, -0.2) is 0 Å². The summed E-state index contributed by atoms with van der Waals surface area (Å²) in [6, 6.07) is 15.9. The first-order valence-corrected chi connectivity index (χ1v) is 7.62. The van der Waals surface area contributed by atoms with Gasteiger partial charge in [0, 0.05) is 10.6 Å². The Balaban J connectivity index is 2.11. The number of hydrogen-bond acceptors (Lipinski definition) is 4. The smallest absolute Gasteiger partial charge is 0.309 e. The van der Waals surface area contributed by atoms with E-state index in [2.05, 4.69) is 0 Å². The molecule has 0 saturated heterocycles. The molecule has 0 aliphatic rings. The first-order chi connectivity index (χ1) is 10.2. The Morgan fingerprint density at radius 2 is 1.67 bits per heavy atom. The second kappa shape index (κ2) is 7.74. The van der Waals surface area contributed by atoms with Crippen LogP contribution >= 0.6 is 11.8 Å². The van der Waals surface area contributed by atoms with Crippen LogP contribution in [0, 0.1) is 0 Å². The van der Waals surface area contributed by atoms with E-state index in [1.165, 1.54) is 7.11 Å². The van der Waals surface area contributed by atoms with Crippen LogP contribution in [-0.2, 0) is 21.7 Å². The third kappa shape index (κ3) is 4.26. The first-order valence-electron chi connectivity index (χ1n) is 6.64. The summed E-state index contributed by atoms with van der Waals surface area (Å²) in [5.41, 5.74) is 2.14. The largest absolute Gasteiger partial charge is 0.496 e. The number of carbonyl (C=O) groups excluding carboxylic acids is 1. The minimum absolute atomic E-state index is 0.218. The Morgan fingerprint density at radius 1 is 1.00 bits per heavy atom. The zero-order valence-electron chi connectivity index (χ0n) is 12.2. The van der Waals surface area contributed by atoms with Gasteiger partial charge in [0.15, 0.2) is 0 Å². The molecule has 0 aromatic heterocycles. The summed E-state index contributed by atoms with van der Waals surface area (Å²) in [5.74, 6) is 1.44. The van der Waals surface area contributed by atoms with Gasteiger partial charge >= 0.3 is 5.97 Å². The average Bonchev–Trinajstić information content (AvgIpc) is 2.54. The zero-order valence-corrected chi connectivity index (χ0v) is 13.0. The van der Waals surface area contributed by atoms with Crippen molar-refractivity contribution < 1.29 is 14.3 Å². The molecule has 0 atom stereocenters. The van der Waals surface area contributed by atoms with Gasteiger partial charge in [0.05, 0.1) is 20.6 Å². The Hall–Kier alpha value is -1.94. The van der Waals surface area contributed by atoms with Crippen molar-refractivity contribution in [3.8, 4) is 5.75 Å². The third-order valence-corrected chi connectivity index (χ3v) is 4.24. The van der Waals surface area contributed by atoms with Crippen LogP contribution in [0.1, 0.15) is 11.1 Å². The number of esters is 1. The van der Waals surface area contributed by atoms with E-state index >= 15 is 0 Å². The quantitative estimate of drug-likeness (QED) is 0.602. The van der Waals surface area contributed by atoms with Gasteiger partial charge in [-0.2, -0.15) is 0 Å². The number of ether oxygens (including phenoxy) is 2. The lowest BCUT2D eigenvalue weighted by molar-refractivity contribution is -0.139. The Bertz CT molecular complexity index is 610. The Morgan fingerprint density at radius 3 is 2.38 bits per heavy atom. The average molecular weight is 302 g/mol. The van der Waals surface area contributed by atoms with Crippen molar-refractivity contribution in [1.82, 2.24) is 0 Å². The maximum absolute atomic E-state index is 11.5. The van der Waals surface area contributed by atoms with Gasteiger partial charge in [-0.05, 0) is 23.3 Å². The van der Waals surface area contributed by atoms with Gasteiger partial charge in [-0.15, -0.1) is 11.8 Å². The summed E-state index contributed by atoms with van der Waals surface area (Å²) in [6.45, 7) is 0. The summed E-state index contributed by atoms with van der Waals surface area (Å²) >= 11 is 1.70. The molecule has 0 amide bonds. The van der Waals surface area contributed by atoms with Gasteiger partial charge in [0.25, 0.3) is 0 Å². The molecule has 21 heavy (non-hydrogen) atoms. The summed E-state index contributed by atoms with van der Waals surface area (Å²) in [7, 11) is 3.08. The van der Waals surface area contributed by atoms with Crippen molar-refractivity contribution in [1.29, 1.82) is 0 Å². The lowest BCUT2D eigenvalue weighted by atomic mass is 10.1. The van der Waals surface area contributed by atoms with Crippen LogP contribution in [0.2, 0.25) is 0 Å². The van der Waals surface area contributed by atoms with Gasteiger partial charge in [-0.3, -0.25) is 4.79 Å². The van der Waals surface area contributed by atoms with E-state index in [1.807, 2.05) is 48.5 Å². The molecule has 110 valence electrons. The van der Waals surface area contributed by atoms with Crippen LogP contribution in [0.4, 0.5) is 0 Å². The number of thioether (sulfide) groups is 1. The van der Waals surface area contributed by atoms with Crippen molar-refractivity contribution >= 4 is 17.7 Å². The summed E-state index contributed by atoms with van der Waals surface area (Å²) < 4.78 is 10.1. The van der Waals surface area contributed by atoms with Crippen molar-refractivity contribution in [2.45, 2.75) is 17.1 Å². The molecule has 0 aliphatic carbocycles. The predicted molar refractivity (Wildman–Crippen MR) is 84.7 cm³/mol. The van der Waals surface area contributed by atoms with Crippen LogP contribution in [0.25, 0.3) is 0 Å². The molecule has 0 bridgehead atoms. The molecule has 2 aromatic carbocycles. The molecular weight excluding hydrogens is 284 g/mol. The molecule has 0 radical (unpaired) electrons. The molecule has 4 heteroatoms. The first kappa shape index (κ1) is 15.4. The number of hydrogen-bond donors (Lipinski definition) is 0. The van der Waals surface area contributed by atoms with E-state index < -0.39 is 0 Å². The lowest BCUT2D eigenvalue weighted by Crippen LogP contribution is -2.06. The molecule has 0 unspecified atom stereocenters. The second-order valence-corrected chi connectivity index (χ2v) is 5.48. The van der Waals surface area contributed by atoms with Gasteiger partial charge < -0.3 is 9.47 Å². The van der Waals surface area contributed by atoms with Crippen LogP contribution in [0.5, 0.6) is 5.75 Å². The van der Waals surface area contributed by atoms with Crippen LogP contribution < -0.4 is 4.74 Å². The van der Waals surface area contributed by atoms with E-state index in [1.54, 1.807) is 18.9 Å². The summed E-state index contributed by atoms with van der Waals surface area (Å²) in [5, 5.41) is 0. The van der Waals surface area contributed by atoms with E-state index in [-0.39, 0.29) is 5.97 Å². The standard InChI is InChI=1S/C17H18O3S/c1-19-15-9-5-6-10-16(15)21-12-14-8-4-3-7-13(14)11-17(18)20-2/h3-10H,11-12H2,1-2H3. The fourth-order valence-electron chi connectivity index (χ4n) is 1.99. The Labute approximate surface area is 129 Å². The number of rotatable bonds is 6. The highest BCUT2D eigenvalue weighted by Crippen LogP contribution is 2.32. The molecule has 0 spiro atoms. The molecule has 0 fully saturated rings. The normalized spacial score (nSPS) is 10.2. The maximum Gasteiger partial charge on any atom is 0.309 e. The highest BCUT2D eigenvalue weighted by atomic mass is 32.2. The summed E-state index contributed by atoms with van der Waals surface area (Å²) in [4.78, 5) is 12.5. The number of benzene rings is 2. The molecule has 3 nitrogen and oxygen atoms in total. The maximum atomic E-state index is 11.5. The van der Waals surface area contributed by atoms with Crippen molar-refractivity contribution in [3.63, 3.8) is 0 Å². The van der Waals surface area contributed by atoms with Gasteiger partial charge in [0.2, 0.25) is 0 Å². The number of para-hydroxylation sites is 1. The molecule has 0 N–H and O–H groups in total. The topological polar surface area (TPSA) is 35.5 Å². The molecular formula is C17H18O3S. The predicted octanol–water partition coefficient (Wildman–Crippen LogP) is 3.70. The summed E-state index contributed by atoms with van der Waals surface area (Å²) in [6.07, 6.45) is 0.305. The minimum atomic E-state index is -0.218. The van der Waals surface area contributed by atoms with Gasteiger partial charge in [-0.1, -0.05) is 36.4 Å². The lowest BCUT2D eigenvalue weighted by Gasteiger charge is -2.10. The fraction of sp³-hybridized carbons (Fsp3) is 0.235. The molecule has 0 saturated carbocycles. The van der Waals surface area contributed by atoms with E-state index in [4.69, 9.17) is 9.47 Å². The molecule has 2 rings (SSSR count). The van der Waals surface area contributed by atoms with E-state index in [0.29, 0.717) is 6.42 Å². The van der Waals surface area contributed by atoms with Crippen molar-refractivity contribution in [3.05, 3.63) is 59.7 Å². The van der Waals surface area contributed by atoms with Crippen molar-refractivity contribution in [2.75, 3.05) is 14.2 Å². The van der Waals surface area contributed by atoms with Crippen LogP contribution in [0.3, 0.4) is 0 Å². The monoisotopic (exact) mass is 302 g/mol. The second-order valence-electron chi connectivity index (χ2n) is 4.46. The van der Waals surface area contributed by atoms with Crippen LogP contribution in [0.15, 0.2) is 53.4 Å². The fourth-order valence-corrected chi connectivity index (χ4v) is 3.05. The molecule has 2 aromatic rings. The van der Waals surface area contributed by atoms with Crippen molar-refractivity contribution in [2.24, 2.45) is 0 Å². The molecule has 0 aliphatic heterocycles. The number of methoxy groups -OCH3 is 2. The minimum Gasteiger partial charge on any atom is -0.496 e. The SMILES string of the molecule is COC(=O)Cc1ccccc1CSc1ccccc1OC. The number of carbonyl (C=O) groups is 1. The molecule has 0 heterocycles. The highest BCUT2D eigenvalue weighted by molar-refractivity contribution is 7.98. The van der Waals surface area contributed by atoms with Crippen LogP contribution in [-0.4, -0.2) is 20.2 Å². The third-order valence-electron chi connectivity index (χ3n) is 3.13. The van der Waals surface area contributed by atoms with E-state index in [0.717, 1.165) is 27.5 Å². The Kier molecular flexibility index (Phi) is 5.69.